The summed E-state index contributed by atoms with van der Waals surface area (Å²) in [6.07, 6.45) is 0.873. The summed E-state index contributed by atoms with van der Waals surface area (Å²) in [7, 11) is 1.63. The average Bonchev–Trinajstić information content (AvgIpc) is 3.25. The van der Waals surface area contributed by atoms with Crippen LogP contribution in [0, 0.1) is 6.57 Å². The summed E-state index contributed by atoms with van der Waals surface area (Å²) in [5, 5.41) is 0.608. The quantitative estimate of drug-likeness (QED) is 0.432. The van der Waals surface area contributed by atoms with Crippen molar-refractivity contribution in [2.45, 2.75) is 12.1 Å². The zero-order valence-electron chi connectivity index (χ0n) is 19.9. The molecule has 2 aliphatic rings. The number of cyclic esters (lactones) is 1. The number of nitrogens with zero attached hydrogens (tertiary/aromatic N) is 5. The molecule has 8 nitrogen and oxygen atoms in total. The van der Waals surface area contributed by atoms with Crippen LogP contribution in [0.4, 0.5) is 22.0 Å². The van der Waals surface area contributed by atoms with Gasteiger partial charge in [-0.05, 0) is 48.0 Å². The molecular weight excluding hydrogens is 478 g/mol. The number of piperazine rings is 1. The Balaban J connectivity index is 1.34. The number of aromatic nitrogens is 1. The van der Waals surface area contributed by atoms with Gasteiger partial charge in [-0.25, -0.2) is 9.64 Å². The van der Waals surface area contributed by atoms with Crippen molar-refractivity contribution >= 4 is 34.9 Å². The zero-order valence-corrected chi connectivity index (χ0v) is 20.6. The van der Waals surface area contributed by atoms with E-state index in [4.69, 9.17) is 27.6 Å². The first kappa shape index (κ1) is 23.9. The molecule has 0 N–H and O–H groups in total. The van der Waals surface area contributed by atoms with Gasteiger partial charge in [0, 0.05) is 49.6 Å². The number of pyridine rings is 1. The predicted octanol–water partition coefficient (Wildman–Crippen LogP) is 5.18. The van der Waals surface area contributed by atoms with Crippen molar-refractivity contribution in [1.29, 1.82) is 0 Å². The minimum absolute atomic E-state index is 0.311. The number of hydrogen-bond acceptors (Lipinski definition) is 6. The lowest BCUT2D eigenvalue weighted by Crippen LogP contribution is -2.49. The van der Waals surface area contributed by atoms with E-state index in [-0.39, 0.29) is 18.2 Å². The van der Waals surface area contributed by atoms with Crippen molar-refractivity contribution in [1.82, 2.24) is 9.88 Å². The summed E-state index contributed by atoms with van der Waals surface area (Å²) in [5.74, 6) is 1.60. The van der Waals surface area contributed by atoms with E-state index in [9.17, 15) is 4.79 Å². The molecule has 2 aliphatic heterocycles. The lowest BCUT2D eigenvalue weighted by atomic mass is 9.99. The van der Waals surface area contributed by atoms with Gasteiger partial charge < -0.3 is 14.4 Å². The van der Waals surface area contributed by atoms with Gasteiger partial charge in [-0.1, -0.05) is 29.8 Å². The molecule has 0 spiro atoms. The number of amides is 1. The lowest BCUT2D eigenvalue weighted by Gasteiger charge is -2.37. The number of benzene rings is 2. The number of rotatable bonds is 6. The molecule has 2 atom stereocenters. The summed E-state index contributed by atoms with van der Waals surface area (Å²) >= 11 is 6.10. The Bertz CT molecular complexity index is 1250. The van der Waals surface area contributed by atoms with Crippen LogP contribution in [0.1, 0.15) is 11.6 Å². The topological polar surface area (TPSA) is 62.5 Å². The maximum atomic E-state index is 13.1. The molecular formula is C27H26ClN5O3. The molecule has 3 heterocycles. The van der Waals surface area contributed by atoms with Crippen LogP contribution >= 0.6 is 11.6 Å². The molecule has 2 fully saturated rings. The average molecular weight is 504 g/mol. The molecule has 1 amide bonds. The highest BCUT2D eigenvalue weighted by atomic mass is 35.5. The number of ether oxygens (including phenoxy) is 2. The second kappa shape index (κ2) is 10.4. The maximum absolute atomic E-state index is 13.1. The highest BCUT2D eigenvalue weighted by Gasteiger charge is 2.44. The Morgan fingerprint density at radius 2 is 1.89 bits per heavy atom. The van der Waals surface area contributed by atoms with Crippen molar-refractivity contribution in [2.75, 3.05) is 49.6 Å². The number of halogens is 1. The third kappa shape index (κ3) is 4.94. The fraction of sp³-hybridized carbons (Fsp3) is 0.296. The molecule has 0 aliphatic carbocycles. The minimum atomic E-state index is -0.377. The minimum Gasteiger partial charge on any atom is -0.497 e. The second-order valence-corrected chi connectivity index (χ2v) is 9.20. The van der Waals surface area contributed by atoms with Crippen molar-refractivity contribution in [3.63, 3.8) is 0 Å². The lowest BCUT2D eigenvalue weighted by molar-refractivity contribution is 0.0939. The summed E-state index contributed by atoms with van der Waals surface area (Å²) < 4.78 is 11.4. The first-order valence-corrected chi connectivity index (χ1v) is 12.1. The molecule has 184 valence electrons. The highest BCUT2D eigenvalue weighted by molar-refractivity contribution is 6.30. The molecule has 2 saturated heterocycles. The smallest absolute Gasteiger partial charge is 0.415 e. The number of anilines is 2. The van der Waals surface area contributed by atoms with Crippen molar-refractivity contribution in [3.8, 4) is 5.75 Å². The highest BCUT2D eigenvalue weighted by Crippen LogP contribution is 2.39. The third-order valence-electron chi connectivity index (χ3n) is 6.62. The Kier molecular flexibility index (Phi) is 6.94. The largest absolute Gasteiger partial charge is 0.497 e. The molecule has 0 bridgehead atoms. The Labute approximate surface area is 215 Å². The monoisotopic (exact) mass is 503 g/mol. The second-order valence-electron chi connectivity index (χ2n) is 8.76. The fourth-order valence-corrected chi connectivity index (χ4v) is 4.90. The van der Waals surface area contributed by atoms with Crippen LogP contribution in [0.15, 0.2) is 66.9 Å². The van der Waals surface area contributed by atoms with Gasteiger partial charge in [-0.2, -0.15) is 0 Å². The molecule has 5 rings (SSSR count). The molecule has 0 saturated carbocycles. The summed E-state index contributed by atoms with van der Waals surface area (Å²) in [4.78, 5) is 27.2. The van der Waals surface area contributed by atoms with Crippen molar-refractivity contribution in [3.05, 3.63) is 88.9 Å². The fourth-order valence-electron chi connectivity index (χ4n) is 4.77. The molecule has 0 unspecified atom stereocenters. The van der Waals surface area contributed by atoms with Gasteiger partial charge in [0.25, 0.3) is 0 Å². The Morgan fingerprint density at radius 3 is 2.56 bits per heavy atom. The summed E-state index contributed by atoms with van der Waals surface area (Å²) in [6, 6.07) is 18.4. The molecule has 9 heteroatoms. The Morgan fingerprint density at radius 1 is 1.11 bits per heavy atom. The van der Waals surface area contributed by atoms with Gasteiger partial charge in [0.15, 0.2) is 0 Å². The van der Waals surface area contributed by atoms with E-state index in [1.165, 1.54) is 0 Å². The van der Waals surface area contributed by atoms with Gasteiger partial charge in [0.05, 0.1) is 13.7 Å². The van der Waals surface area contributed by atoms with E-state index in [2.05, 4.69) is 19.6 Å². The van der Waals surface area contributed by atoms with Gasteiger partial charge in [-0.3, -0.25) is 14.8 Å². The summed E-state index contributed by atoms with van der Waals surface area (Å²) in [5.41, 5.74) is 2.22. The van der Waals surface area contributed by atoms with Crippen LogP contribution in [0.5, 0.6) is 5.75 Å². The van der Waals surface area contributed by atoms with E-state index < -0.39 is 0 Å². The van der Waals surface area contributed by atoms with E-state index in [1.807, 2.05) is 42.5 Å². The van der Waals surface area contributed by atoms with E-state index >= 15 is 0 Å². The van der Waals surface area contributed by atoms with Gasteiger partial charge in [-0.15, -0.1) is 0 Å². The third-order valence-corrected chi connectivity index (χ3v) is 6.87. The van der Waals surface area contributed by atoms with E-state index in [1.54, 1.807) is 36.4 Å². The number of methoxy groups -OCH3 is 1. The van der Waals surface area contributed by atoms with Crippen LogP contribution in [-0.4, -0.2) is 61.9 Å². The van der Waals surface area contributed by atoms with Crippen LogP contribution in [-0.2, 0) is 4.74 Å². The molecule has 1 aromatic heterocycles. The molecule has 3 aromatic rings. The van der Waals surface area contributed by atoms with Crippen LogP contribution in [0.2, 0.25) is 5.02 Å². The molecule has 36 heavy (non-hydrogen) atoms. The summed E-state index contributed by atoms with van der Waals surface area (Å²) in [6.45, 7) is 10.9. The number of carbonyl (C=O) groups is 1. The van der Waals surface area contributed by atoms with Crippen LogP contribution in [0.3, 0.4) is 0 Å². The van der Waals surface area contributed by atoms with Gasteiger partial charge in [0.1, 0.15) is 23.7 Å². The number of hydrogen-bond donors (Lipinski definition) is 0. The van der Waals surface area contributed by atoms with Crippen molar-refractivity contribution in [2.24, 2.45) is 0 Å². The van der Waals surface area contributed by atoms with E-state index in [0.717, 1.165) is 49.0 Å². The number of carbonyl (C=O) groups excluding carboxylic acids is 1. The van der Waals surface area contributed by atoms with Gasteiger partial charge in [0.2, 0.25) is 5.69 Å². The van der Waals surface area contributed by atoms with Crippen LogP contribution < -0.4 is 14.5 Å². The maximum Gasteiger partial charge on any atom is 0.415 e. The SMILES string of the molecule is [C-]#[N+]c1ccc(N2CCN(C[C@@H]3OC(=O)N(c4ccc(Cl)cc4)[C@H]3c3cccc(OC)c3)CC2)nc1. The predicted molar refractivity (Wildman–Crippen MR) is 139 cm³/mol. The van der Waals surface area contributed by atoms with Crippen molar-refractivity contribution < 1.29 is 14.3 Å². The standard InChI is InChI=1S/C27H26ClN5O3/c1-29-21-8-11-25(30-17-21)32-14-12-31(13-15-32)18-24-26(19-4-3-5-23(16-19)35-2)33(27(34)36-24)22-9-6-20(28)7-10-22/h3-11,16-17,24,26H,12-15,18H2,2H3/t24-,26-/m0/s1. The van der Waals surface area contributed by atoms with Crippen LogP contribution in [0.25, 0.3) is 4.85 Å². The normalized spacial score (nSPS) is 20.2. The van der Waals surface area contributed by atoms with E-state index in [0.29, 0.717) is 17.3 Å². The van der Waals surface area contributed by atoms with Gasteiger partial charge >= 0.3 is 6.09 Å². The first-order chi connectivity index (χ1) is 17.6. The molecule has 0 radical (unpaired) electrons. The Hall–Kier alpha value is -3.80. The first-order valence-electron chi connectivity index (χ1n) is 11.8. The molecule has 2 aromatic carbocycles. The zero-order chi connectivity index (χ0) is 25.1.